The molecule has 0 spiro atoms. The van der Waals surface area contributed by atoms with Gasteiger partial charge >= 0.3 is 0 Å². The van der Waals surface area contributed by atoms with E-state index < -0.39 is 0 Å². The van der Waals surface area contributed by atoms with Crippen LogP contribution in [0.1, 0.15) is 0 Å². The molecule has 0 N–H and O–H groups in total. The molecule has 10 radical (unpaired) electrons. The minimum Gasteiger partial charge on any atom is -0.456 e. The van der Waals surface area contributed by atoms with Gasteiger partial charge in [-0.1, -0.05) is 95.9 Å². The van der Waals surface area contributed by atoms with Crippen LogP contribution in [0.5, 0.6) is 0 Å². The molecule has 4 heterocycles. The fraction of sp³-hybridized carbons (Fsp3) is 0. The summed E-state index contributed by atoms with van der Waals surface area (Å²) in [6.45, 7) is 0. The first-order valence-corrected chi connectivity index (χ1v) is 18.0. The largest absolute Gasteiger partial charge is 0.456 e. The van der Waals surface area contributed by atoms with E-state index in [2.05, 4.69) is 65.2 Å². The van der Waals surface area contributed by atoms with Gasteiger partial charge < -0.3 is 13.4 Å². The van der Waals surface area contributed by atoms with Crippen LogP contribution in [0, 0.1) is 0 Å². The average molecular weight is 704 g/mol. The third-order valence-electron chi connectivity index (χ3n) is 10.8. The number of fused-ring (bicyclic) bond motifs is 9. The highest BCUT2D eigenvalue weighted by atomic mass is 16.3. The fourth-order valence-corrected chi connectivity index (χ4v) is 8.07. The molecule has 0 atom stereocenters. The van der Waals surface area contributed by atoms with Gasteiger partial charge in [0.05, 0.1) is 16.7 Å². The summed E-state index contributed by atoms with van der Waals surface area (Å²) in [7, 11) is 32.1. The van der Waals surface area contributed by atoms with Gasteiger partial charge in [-0.25, -0.2) is 15.0 Å². The lowest BCUT2D eigenvalue weighted by Gasteiger charge is -2.20. The average Bonchev–Trinajstić information content (AvgIpc) is 3.91. The summed E-state index contributed by atoms with van der Waals surface area (Å²) in [5.41, 5.74) is 8.11. The van der Waals surface area contributed by atoms with E-state index in [1.54, 1.807) is 0 Å². The number of hydrogen-bond donors (Lipinski definition) is 0. The molecule has 0 aliphatic rings. The van der Waals surface area contributed by atoms with Crippen molar-refractivity contribution >= 4 is 132 Å². The van der Waals surface area contributed by atoms with Crippen molar-refractivity contribution in [2.24, 2.45) is 0 Å². The Kier molecular flexibility index (Phi) is 7.08. The van der Waals surface area contributed by atoms with Gasteiger partial charge in [-0.2, -0.15) is 0 Å². The Labute approximate surface area is 326 Å². The van der Waals surface area contributed by atoms with Crippen LogP contribution < -0.4 is 27.3 Å². The normalized spacial score (nSPS) is 11.9. The summed E-state index contributed by atoms with van der Waals surface area (Å²) >= 11 is 0. The van der Waals surface area contributed by atoms with Crippen molar-refractivity contribution in [2.45, 2.75) is 0 Å². The molecule has 11 heteroatoms. The van der Waals surface area contributed by atoms with E-state index in [0.29, 0.717) is 33.9 Å². The highest BCUT2D eigenvalue weighted by molar-refractivity contribution is 6.68. The second-order valence-corrected chi connectivity index (χ2v) is 13.9. The minimum atomic E-state index is 0.0967. The van der Waals surface area contributed by atoms with Crippen LogP contribution in [0.15, 0.2) is 136 Å². The van der Waals surface area contributed by atoms with Gasteiger partial charge in [-0.15, -0.1) is 16.4 Å². The van der Waals surface area contributed by atoms with Gasteiger partial charge in [0.25, 0.3) is 0 Å². The number of hydrogen-bond acceptors (Lipinski definition) is 5. The zero-order valence-electron chi connectivity index (χ0n) is 29.6. The molecule has 0 amide bonds. The lowest BCUT2D eigenvalue weighted by Crippen LogP contribution is -2.55. The Morgan fingerprint density at radius 3 is 1.75 bits per heavy atom. The predicted octanol–water partition coefficient (Wildman–Crippen LogP) is 5.74. The zero-order valence-corrected chi connectivity index (χ0v) is 29.6. The van der Waals surface area contributed by atoms with E-state index in [1.807, 2.05) is 66.7 Å². The van der Waals surface area contributed by atoms with Crippen molar-refractivity contribution in [3.63, 3.8) is 0 Å². The molecule has 11 rings (SSSR count). The van der Waals surface area contributed by atoms with Crippen molar-refractivity contribution in [3.05, 3.63) is 127 Å². The van der Waals surface area contributed by atoms with Crippen molar-refractivity contribution in [1.82, 2.24) is 19.5 Å². The summed E-state index contributed by atoms with van der Waals surface area (Å²) in [6.07, 6.45) is 0. The summed E-state index contributed by atoms with van der Waals surface area (Å²) in [6, 6.07) is 42.6. The minimum absolute atomic E-state index is 0.0967. The Morgan fingerprint density at radius 1 is 0.429 bits per heavy atom. The molecule has 0 saturated carbocycles. The Morgan fingerprint density at radius 2 is 1.00 bits per heavy atom. The second kappa shape index (κ2) is 12.1. The highest BCUT2D eigenvalue weighted by Crippen LogP contribution is 2.41. The van der Waals surface area contributed by atoms with E-state index >= 15 is 0 Å². The maximum absolute atomic E-state index is 6.77. The van der Waals surface area contributed by atoms with E-state index in [1.165, 1.54) is 0 Å². The van der Waals surface area contributed by atoms with Gasteiger partial charge in [0, 0.05) is 49.0 Å². The molecule has 11 aromatic rings. The van der Waals surface area contributed by atoms with Crippen molar-refractivity contribution < 1.29 is 8.83 Å². The third kappa shape index (κ3) is 4.67. The molecule has 6 nitrogen and oxygen atoms in total. The third-order valence-corrected chi connectivity index (χ3v) is 10.8. The van der Waals surface area contributed by atoms with Gasteiger partial charge in [-0.05, 0) is 42.5 Å². The van der Waals surface area contributed by atoms with Crippen LogP contribution in [-0.2, 0) is 0 Å². The van der Waals surface area contributed by atoms with E-state index in [4.69, 9.17) is 63.0 Å². The molecule has 56 heavy (non-hydrogen) atoms. The second-order valence-electron chi connectivity index (χ2n) is 13.9. The molecule has 0 bridgehead atoms. The van der Waals surface area contributed by atoms with Crippen LogP contribution in [0.2, 0.25) is 0 Å². The van der Waals surface area contributed by atoms with Crippen LogP contribution in [-0.4, -0.2) is 58.8 Å². The van der Waals surface area contributed by atoms with E-state index in [9.17, 15) is 0 Å². The molecule has 0 aliphatic heterocycles. The molecular weight excluding hydrogens is 683 g/mol. The van der Waals surface area contributed by atoms with Crippen LogP contribution >= 0.6 is 0 Å². The SMILES string of the molecule is [B]c1c([B])c([B])c(-c2nc(-c3ccc4c(c3)oc3ccccc34)nc(-c3cccc4oc5c(-n6c7ccccc7c7ccccc76)cccc5c34)n2)c([B])c1[B]. The Hall–Kier alpha value is -6.73. The Bertz CT molecular complexity index is 3380. The summed E-state index contributed by atoms with van der Waals surface area (Å²) in [4.78, 5) is 15.0. The first-order valence-electron chi connectivity index (χ1n) is 18.0. The quantitative estimate of drug-likeness (QED) is 0.219. The smallest absolute Gasteiger partial charge is 0.164 e. The number of nitrogens with zero attached hydrogens (tertiary/aromatic N) is 4. The molecule has 0 fully saturated rings. The molecule has 248 valence electrons. The molecule has 4 aromatic heterocycles. The standard InChI is InChI=1S/C45H21B5N4O2/c46-37-36(38(47)40(49)41(50)39(37)48)45-52-43(22-19-20-26-25-11-3-6-17-32(25)55-34(26)21-22)51-44(53-45)28-13-8-18-33-35(28)27-12-7-16-31(42(27)56-33)54-29-14-4-1-9-23(29)24-10-2-5-15-30(24)54/h1-21H. The van der Waals surface area contributed by atoms with Crippen LogP contribution in [0.25, 0.3) is 106 Å². The van der Waals surface area contributed by atoms with Gasteiger partial charge in [0.15, 0.2) is 23.1 Å². The zero-order chi connectivity index (χ0) is 37.8. The highest BCUT2D eigenvalue weighted by Gasteiger charge is 2.23. The summed E-state index contributed by atoms with van der Waals surface area (Å²) in [5, 5.41) is 6.02. The maximum atomic E-state index is 6.77. The number of rotatable bonds is 4. The van der Waals surface area contributed by atoms with Gasteiger partial charge in [-0.3, -0.25) is 0 Å². The van der Waals surface area contributed by atoms with Crippen LogP contribution in [0.3, 0.4) is 0 Å². The number of furan rings is 2. The topological polar surface area (TPSA) is 69.9 Å². The first-order chi connectivity index (χ1) is 27.4. The summed E-state index contributed by atoms with van der Waals surface area (Å²) < 4.78 is 15.3. The predicted molar refractivity (Wildman–Crippen MR) is 232 cm³/mol. The van der Waals surface area contributed by atoms with Crippen molar-refractivity contribution in [2.75, 3.05) is 0 Å². The fourth-order valence-electron chi connectivity index (χ4n) is 8.07. The number of benzene rings is 7. The lowest BCUT2D eigenvalue weighted by molar-refractivity contribution is 0.666. The van der Waals surface area contributed by atoms with E-state index in [0.717, 1.165) is 60.2 Å². The lowest BCUT2D eigenvalue weighted by atomic mass is 9.60. The monoisotopic (exact) mass is 704 g/mol. The molecule has 0 saturated heterocycles. The molecule has 7 aromatic carbocycles. The molecule has 0 unspecified atom stereocenters. The van der Waals surface area contributed by atoms with Gasteiger partial charge in [0.2, 0.25) is 0 Å². The summed E-state index contributed by atoms with van der Waals surface area (Å²) in [5.74, 6) is 0.896. The first kappa shape index (κ1) is 32.7. The van der Waals surface area contributed by atoms with Crippen molar-refractivity contribution in [3.8, 4) is 39.9 Å². The molecular formula is C45H21B5N4O2. The van der Waals surface area contributed by atoms with Gasteiger partial charge in [0.1, 0.15) is 56.0 Å². The van der Waals surface area contributed by atoms with Crippen molar-refractivity contribution in [1.29, 1.82) is 0 Å². The van der Waals surface area contributed by atoms with E-state index in [-0.39, 0.29) is 38.7 Å². The number of aromatic nitrogens is 4. The maximum Gasteiger partial charge on any atom is 0.164 e. The number of para-hydroxylation sites is 4. The Balaban J connectivity index is 1.18. The van der Waals surface area contributed by atoms with Crippen LogP contribution in [0.4, 0.5) is 0 Å². The molecule has 0 aliphatic carbocycles.